The zero-order chi connectivity index (χ0) is 15.2. The topological polar surface area (TPSA) is 21.3 Å². The number of anilines is 1. The molecule has 0 atom stereocenters. The van der Waals surface area contributed by atoms with Gasteiger partial charge in [-0.25, -0.2) is 0 Å². The second kappa shape index (κ2) is 7.58. The van der Waals surface area contributed by atoms with Crippen molar-refractivity contribution in [2.45, 2.75) is 20.4 Å². The van der Waals surface area contributed by atoms with Crippen molar-refractivity contribution in [2.75, 3.05) is 11.9 Å². The van der Waals surface area contributed by atoms with Crippen molar-refractivity contribution in [1.82, 2.24) is 0 Å². The first-order valence-corrected chi connectivity index (χ1v) is 7.71. The third-order valence-corrected chi connectivity index (χ3v) is 3.51. The van der Waals surface area contributed by atoms with Gasteiger partial charge in [0, 0.05) is 28.3 Å². The van der Waals surface area contributed by atoms with Gasteiger partial charge in [-0.05, 0) is 41.8 Å². The first kappa shape index (κ1) is 16.0. The minimum atomic E-state index is 0.506. The van der Waals surface area contributed by atoms with Crippen LogP contribution in [0, 0.1) is 5.92 Å². The first-order chi connectivity index (χ1) is 10.0. The second-order valence-electron chi connectivity index (χ2n) is 5.32. The Balaban J connectivity index is 1.99. The SMILES string of the molecule is CC(C)COc1cccc(NCc2cc(Cl)ccc2Cl)c1. The molecular weight excluding hydrogens is 305 g/mol. The summed E-state index contributed by atoms with van der Waals surface area (Å²) < 4.78 is 5.72. The van der Waals surface area contributed by atoms with Gasteiger partial charge in [-0.2, -0.15) is 0 Å². The molecule has 0 aromatic heterocycles. The molecule has 2 nitrogen and oxygen atoms in total. The molecule has 0 unspecified atom stereocenters. The van der Waals surface area contributed by atoms with Gasteiger partial charge in [0.1, 0.15) is 5.75 Å². The summed E-state index contributed by atoms with van der Waals surface area (Å²) in [6, 6.07) is 13.4. The summed E-state index contributed by atoms with van der Waals surface area (Å²) in [6.45, 7) is 5.59. The molecule has 21 heavy (non-hydrogen) atoms. The van der Waals surface area contributed by atoms with Crippen molar-refractivity contribution < 1.29 is 4.74 Å². The lowest BCUT2D eigenvalue weighted by atomic mass is 10.2. The van der Waals surface area contributed by atoms with Crippen molar-refractivity contribution in [3.63, 3.8) is 0 Å². The highest BCUT2D eigenvalue weighted by molar-refractivity contribution is 6.33. The molecule has 2 aromatic carbocycles. The molecule has 4 heteroatoms. The van der Waals surface area contributed by atoms with Crippen LogP contribution in [0.25, 0.3) is 0 Å². The Kier molecular flexibility index (Phi) is 5.77. The molecule has 0 saturated heterocycles. The van der Waals surface area contributed by atoms with E-state index in [1.54, 1.807) is 6.07 Å². The van der Waals surface area contributed by atoms with Gasteiger partial charge in [-0.1, -0.05) is 43.1 Å². The van der Waals surface area contributed by atoms with E-state index < -0.39 is 0 Å². The van der Waals surface area contributed by atoms with Gasteiger partial charge in [-0.3, -0.25) is 0 Å². The fourth-order valence-electron chi connectivity index (χ4n) is 1.83. The minimum absolute atomic E-state index is 0.506. The van der Waals surface area contributed by atoms with Crippen molar-refractivity contribution in [3.8, 4) is 5.75 Å². The molecule has 0 saturated carbocycles. The van der Waals surface area contributed by atoms with E-state index in [4.69, 9.17) is 27.9 Å². The Hall–Kier alpha value is -1.38. The van der Waals surface area contributed by atoms with E-state index in [2.05, 4.69) is 19.2 Å². The smallest absolute Gasteiger partial charge is 0.121 e. The largest absolute Gasteiger partial charge is 0.493 e. The lowest BCUT2D eigenvalue weighted by Crippen LogP contribution is -2.05. The van der Waals surface area contributed by atoms with Crippen LogP contribution in [-0.4, -0.2) is 6.61 Å². The average Bonchev–Trinajstić information content (AvgIpc) is 2.46. The summed E-state index contributed by atoms with van der Waals surface area (Å²) in [6.07, 6.45) is 0. The normalized spacial score (nSPS) is 10.7. The predicted octanol–water partition coefficient (Wildman–Crippen LogP) is 5.64. The Morgan fingerprint density at radius 2 is 1.90 bits per heavy atom. The number of hydrogen-bond acceptors (Lipinski definition) is 2. The van der Waals surface area contributed by atoms with E-state index in [-0.39, 0.29) is 0 Å². The standard InChI is InChI=1S/C17H19Cl2NO/c1-12(2)11-21-16-5-3-4-15(9-16)20-10-13-8-14(18)6-7-17(13)19/h3-9,12,20H,10-11H2,1-2H3. The maximum absolute atomic E-state index is 6.15. The number of nitrogens with one attached hydrogen (secondary N) is 1. The molecule has 0 amide bonds. The zero-order valence-electron chi connectivity index (χ0n) is 12.2. The lowest BCUT2D eigenvalue weighted by molar-refractivity contribution is 0.271. The van der Waals surface area contributed by atoms with Crippen molar-refractivity contribution in [1.29, 1.82) is 0 Å². The molecule has 0 aliphatic heterocycles. The summed E-state index contributed by atoms with van der Waals surface area (Å²) in [7, 11) is 0. The van der Waals surface area contributed by atoms with Gasteiger partial charge in [0.25, 0.3) is 0 Å². The maximum atomic E-state index is 6.15. The minimum Gasteiger partial charge on any atom is -0.493 e. The Morgan fingerprint density at radius 1 is 1.10 bits per heavy atom. The summed E-state index contributed by atoms with van der Waals surface area (Å²) in [4.78, 5) is 0. The number of ether oxygens (including phenoxy) is 1. The van der Waals surface area contributed by atoms with E-state index in [1.807, 2.05) is 36.4 Å². The Morgan fingerprint density at radius 3 is 2.67 bits per heavy atom. The fraction of sp³-hybridized carbons (Fsp3) is 0.294. The monoisotopic (exact) mass is 323 g/mol. The molecule has 0 bridgehead atoms. The molecule has 0 aliphatic rings. The van der Waals surface area contributed by atoms with E-state index >= 15 is 0 Å². The summed E-state index contributed by atoms with van der Waals surface area (Å²) in [5.74, 6) is 1.37. The van der Waals surface area contributed by atoms with Gasteiger partial charge in [0.05, 0.1) is 6.61 Å². The first-order valence-electron chi connectivity index (χ1n) is 6.95. The van der Waals surface area contributed by atoms with Crippen molar-refractivity contribution in [2.24, 2.45) is 5.92 Å². The van der Waals surface area contributed by atoms with Crippen molar-refractivity contribution >= 4 is 28.9 Å². The number of rotatable bonds is 6. The number of halogens is 2. The third-order valence-electron chi connectivity index (χ3n) is 2.91. The summed E-state index contributed by atoms with van der Waals surface area (Å²) >= 11 is 12.1. The predicted molar refractivity (Wildman–Crippen MR) is 90.6 cm³/mol. The van der Waals surface area contributed by atoms with Gasteiger partial charge < -0.3 is 10.1 Å². The van der Waals surface area contributed by atoms with E-state index in [9.17, 15) is 0 Å². The van der Waals surface area contributed by atoms with Crippen LogP contribution in [0.4, 0.5) is 5.69 Å². The molecule has 1 N–H and O–H groups in total. The van der Waals surface area contributed by atoms with Gasteiger partial charge >= 0.3 is 0 Å². The van der Waals surface area contributed by atoms with Crippen LogP contribution in [0.2, 0.25) is 10.0 Å². The quantitative estimate of drug-likeness (QED) is 0.742. The summed E-state index contributed by atoms with van der Waals surface area (Å²) in [5, 5.41) is 4.73. The molecule has 0 radical (unpaired) electrons. The van der Waals surface area contributed by atoms with Gasteiger partial charge in [0.2, 0.25) is 0 Å². The zero-order valence-corrected chi connectivity index (χ0v) is 13.7. The van der Waals surface area contributed by atoms with Crippen LogP contribution in [0.3, 0.4) is 0 Å². The van der Waals surface area contributed by atoms with Crippen LogP contribution in [0.15, 0.2) is 42.5 Å². The van der Waals surface area contributed by atoms with Crippen LogP contribution in [-0.2, 0) is 6.54 Å². The van der Waals surface area contributed by atoms with Crippen LogP contribution >= 0.6 is 23.2 Å². The van der Waals surface area contributed by atoms with E-state index in [1.165, 1.54) is 0 Å². The third kappa shape index (κ3) is 5.14. The number of hydrogen-bond donors (Lipinski definition) is 1. The lowest BCUT2D eigenvalue weighted by Gasteiger charge is -2.12. The highest BCUT2D eigenvalue weighted by atomic mass is 35.5. The molecule has 112 valence electrons. The van der Waals surface area contributed by atoms with Crippen LogP contribution in [0.1, 0.15) is 19.4 Å². The highest BCUT2D eigenvalue weighted by Gasteiger charge is 2.03. The van der Waals surface area contributed by atoms with Gasteiger partial charge in [0.15, 0.2) is 0 Å². The molecule has 2 rings (SSSR count). The Bertz CT molecular complexity index is 599. The molecule has 0 fully saturated rings. The second-order valence-corrected chi connectivity index (χ2v) is 6.17. The van der Waals surface area contributed by atoms with E-state index in [0.29, 0.717) is 29.1 Å². The van der Waals surface area contributed by atoms with Crippen molar-refractivity contribution in [3.05, 3.63) is 58.1 Å². The molecule has 0 heterocycles. The van der Waals surface area contributed by atoms with Gasteiger partial charge in [-0.15, -0.1) is 0 Å². The number of benzene rings is 2. The molecule has 0 spiro atoms. The highest BCUT2D eigenvalue weighted by Crippen LogP contribution is 2.23. The van der Waals surface area contributed by atoms with Crippen LogP contribution < -0.4 is 10.1 Å². The summed E-state index contributed by atoms with van der Waals surface area (Å²) in [5.41, 5.74) is 1.96. The molecular formula is C17H19Cl2NO. The molecule has 0 aliphatic carbocycles. The van der Waals surface area contributed by atoms with E-state index in [0.717, 1.165) is 17.0 Å². The Labute approximate surface area is 136 Å². The maximum Gasteiger partial charge on any atom is 0.121 e. The average molecular weight is 324 g/mol. The molecule has 2 aromatic rings. The fourth-order valence-corrected chi connectivity index (χ4v) is 2.21. The van der Waals surface area contributed by atoms with Crippen LogP contribution in [0.5, 0.6) is 5.75 Å².